The van der Waals surface area contributed by atoms with E-state index in [1.165, 1.54) is 12.1 Å². The highest BCUT2D eigenvalue weighted by Gasteiger charge is 2.35. The molecule has 0 amide bonds. The molecule has 1 atom stereocenters. The molecule has 1 aromatic carbocycles. The summed E-state index contributed by atoms with van der Waals surface area (Å²) in [6.07, 6.45) is 2.54. The van der Waals surface area contributed by atoms with Gasteiger partial charge in [0.1, 0.15) is 12.4 Å². The summed E-state index contributed by atoms with van der Waals surface area (Å²) in [5.41, 5.74) is 0.573. The fourth-order valence-electron chi connectivity index (χ4n) is 3.96. The number of hydrogen-bond donors (Lipinski definition) is 0. The van der Waals surface area contributed by atoms with Gasteiger partial charge in [0.25, 0.3) is 0 Å². The van der Waals surface area contributed by atoms with Crippen LogP contribution in [0.25, 0.3) is 0 Å². The second-order valence-electron chi connectivity index (χ2n) is 8.27. The van der Waals surface area contributed by atoms with Crippen molar-refractivity contribution >= 4 is 11.4 Å². The number of hydrogen-bond acceptors (Lipinski definition) is 7. The molecule has 3 heterocycles. The molecule has 2 aromatic rings. The predicted molar refractivity (Wildman–Crippen MR) is 108 cm³/mol. The maximum Gasteiger partial charge on any atom is 0.307 e. The van der Waals surface area contributed by atoms with Crippen LogP contribution in [0.2, 0.25) is 0 Å². The van der Waals surface area contributed by atoms with Gasteiger partial charge in [-0.15, -0.1) is 4.31 Å². The zero-order valence-electron chi connectivity index (χ0n) is 17.7. The number of halogens is 4. The normalized spacial score (nSPS) is 20.3. The van der Waals surface area contributed by atoms with Crippen molar-refractivity contribution in [1.29, 1.82) is 0 Å². The van der Waals surface area contributed by atoms with E-state index in [2.05, 4.69) is 10.1 Å². The molecule has 2 saturated heterocycles. The van der Waals surface area contributed by atoms with Crippen LogP contribution in [0.5, 0.6) is 5.75 Å². The quantitative estimate of drug-likeness (QED) is 0.449. The molecule has 2 aliphatic heterocycles. The van der Waals surface area contributed by atoms with Crippen LogP contribution in [0, 0.1) is 11.6 Å². The van der Waals surface area contributed by atoms with Crippen LogP contribution < -0.4 is 4.74 Å². The molecule has 7 nitrogen and oxygen atoms in total. The Kier molecular flexibility index (Phi) is 6.66. The van der Waals surface area contributed by atoms with E-state index in [1.54, 1.807) is 11.2 Å². The van der Waals surface area contributed by atoms with Gasteiger partial charge < -0.3 is 13.8 Å². The Balaban J connectivity index is 1.30. The Morgan fingerprint density at radius 2 is 1.84 bits per heavy atom. The maximum absolute atomic E-state index is 14.6. The number of ether oxygens (including phenoxy) is 1. The van der Waals surface area contributed by atoms with Crippen LogP contribution >= 0.6 is 0 Å². The number of nitrogens with zero attached hydrogens (tertiary/aromatic N) is 4. The highest BCUT2D eigenvalue weighted by Crippen LogP contribution is 2.34. The minimum Gasteiger partial charge on any atom is -0.598 e. The Morgan fingerprint density at radius 1 is 1.22 bits per heavy atom. The summed E-state index contributed by atoms with van der Waals surface area (Å²) in [6.45, 7) is 2.74. The molecule has 0 bridgehead atoms. The maximum atomic E-state index is 14.6. The third-order valence-corrected chi connectivity index (χ3v) is 6.83. The third kappa shape index (κ3) is 5.19. The number of aromatic nitrogens is 2. The van der Waals surface area contributed by atoms with Crippen molar-refractivity contribution in [3.05, 3.63) is 41.0 Å². The van der Waals surface area contributed by atoms with Gasteiger partial charge in [0.15, 0.2) is 17.4 Å². The second kappa shape index (κ2) is 9.16. The molecule has 12 heteroatoms. The first kappa shape index (κ1) is 23.3. The van der Waals surface area contributed by atoms with E-state index in [1.807, 2.05) is 4.31 Å². The first-order valence-corrected chi connectivity index (χ1v) is 11.8. The van der Waals surface area contributed by atoms with E-state index >= 15 is 0 Å². The zero-order valence-corrected chi connectivity index (χ0v) is 18.5. The van der Waals surface area contributed by atoms with Crippen LogP contribution in [-0.2, 0) is 23.8 Å². The summed E-state index contributed by atoms with van der Waals surface area (Å²) in [5.74, 6) is -5.76. The lowest BCUT2D eigenvalue weighted by Crippen LogP contribution is -2.53. The molecule has 32 heavy (non-hydrogen) atoms. The number of rotatable bonds is 7. The molecule has 0 saturated carbocycles. The van der Waals surface area contributed by atoms with E-state index in [0.717, 1.165) is 0 Å². The lowest BCUT2D eigenvalue weighted by molar-refractivity contribution is 0.00424. The monoisotopic (exact) mass is 476 g/mol. The number of benzene rings is 1. The molecule has 0 radical (unpaired) electrons. The molecule has 1 unspecified atom stereocenters. The van der Waals surface area contributed by atoms with Crippen LogP contribution in [-0.4, -0.2) is 62.4 Å². The number of piperidine rings is 1. The standard InChI is InChI=1S/C20H24F4N4O3S/c1-20(23,24)19-25-17(31-26-19)11-27-9-14(10-27)30-18-15(21)7-13(8-16(18)22)12-3-5-28(6-4-12)32(2)29/h7-8,12,14H,3-6,9-11H2,1-2H3. The van der Waals surface area contributed by atoms with Crippen molar-refractivity contribution in [2.45, 2.75) is 44.3 Å². The van der Waals surface area contributed by atoms with Crippen LogP contribution in [0.4, 0.5) is 17.6 Å². The molecule has 0 spiro atoms. The van der Waals surface area contributed by atoms with Gasteiger partial charge in [0.05, 0.1) is 6.54 Å². The van der Waals surface area contributed by atoms with Gasteiger partial charge in [-0.25, -0.2) is 8.78 Å². The van der Waals surface area contributed by atoms with Gasteiger partial charge in [-0.3, -0.25) is 4.90 Å². The average molecular weight is 476 g/mol. The summed E-state index contributed by atoms with van der Waals surface area (Å²) < 4.78 is 79.3. The van der Waals surface area contributed by atoms with Crippen LogP contribution in [0.15, 0.2) is 16.7 Å². The second-order valence-corrected chi connectivity index (χ2v) is 9.64. The van der Waals surface area contributed by atoms with Crippen LogP contribution in [0.1, 0.15) is 43.0 Å². The Hall–Kier alpha value is -1.89. The summed E-state index contributed by atoms with van der Waals surface area (Å²) in [7, 11) is 0. The number of alkyl halides is 2. The summed E-state index contributed by atoms with van der Waals surface area (Å²) >= 11 is -1.04. The highest BCUT2D eigenvalue weighted by molar-refractivity contribution is 7.88. The van der Waals surface area contributed by atoms with E-state index in [9.17, 15) is 22.1 Å². The summed E-state index contributed by atoms with van der Waals surface area (Å²) in [6, 6.07) is 2.62. The fraction of sp³-hybridized carbons (Fsp3) is 0.600. The first-order valence-electron chi connectivity index (χ1n) is 10.3. The zero-order chi connectivity index (χ0) is 23.0. The topological polar surface area (TPSA) is 77.7 Å². The van der Waals surface area contributed by atoms with E-state index in [0.29, 0.717) is 51.5 Å². The fourth-order valence-corrected chi connectivity index (χ4v) is 4.68. The van der Waals surface area contributed by atoms with Gasteiger partial charge in [-0.05, 0) is 36.5 Å². The van der Waals surface area contributed by atoms with Crippen molar-refractivity contribution in [3.8, 4) is 5.75 Å². The molecule has 0 aliphatic carbocycles. The average Bonchev–Trinajstić information content (AvgIpc) is 3.17. The highest BCUT2D eigenvalue weighted by atomic mass is 32.2. The minimum absolute atomic E-state index is 0.00170. The summed E-state index contributed by atoms with van der Waals surface area (Å²) in [5, 5.41) is 3.26. The van der Waals surface area contributed by atoms with E-state index in [-0.39, 0.29) is 18.4 Å². The van der Waals surface area contributed by atoms with Crippen molar-refractivity contribution < 1.29 is 31.4 Å². The first-order chi connectivity index (χ1) is 15.1. The van der Waals surface area contributed by atoms with Gasteiger partial charge >= 0.3 is 5.92 Å². The number of likely N-dealkylation sites (tertiary alicyclic amines) is 1. The van der Waals surface area contributed by atoms with Gasteiger partial charge in [0.2, 0.25) is 11.7 Å². The van der Waals surface area contributed by atoms with Crippen molar-refractivity contribution in [2.75, 3.05) is 32.4 Å². The summed E-state index contributed by atoms with van der Waals surface area (Å²) in [4.78, 5) is 5.44. The smallest absolute Gasteiger partial charge is 0.307 e. The third-order valence-electron chi connectivity index (χ3n) is 5.74. The van der Waals surface area contributed by atoms with Crippen molar-refractivity contribution in [3.63, 3.8) is 0 Å². The van der Waals surface area contributed by atoms with E-state index in [4.69, 9.17) is 9.26 Å². The Morgan fingerprint density at radius 3 is 2.38 bits per heavy atom. The van der Waals surface area contributed by atoms with Gasteiger partial charge in [0, 0.05) is 44.5 Å². The lowest BCUT2D eigenvalue weighted by Gasteiger charge is -2.38. The SMILES string of the molecule is C[S+]([O-])N1CCC(c2cc(F)c(OC3CN(Cc4nc(C(C)(F)F)no4)C3)c(F)c2)CC1. The molecule has 4 rings (SSSR count). The van der Waals surface area contributed by atoms with Gasteiger partial charge in [-0.1, -0.05) is 5.16 Å². The Bertz CT molecular complexity index is 918. The van der Waals surface area contributed by atoms with Crippen LogP contribution in [0.3, 0.4) is 0 Å². The van der Waals surface area contributed by atoms with Crippen molar-refractivity contribution in [1.82, 2.24) is 19.3 Å². The molecule has 2 aliphatic rings. The lowest BCUT2D eigenvalue weighted by atomic mass is 9.90. The van der Waals surface area contributed by atoms with Crippen molar-refractivity contribution in [2.24, 2.45) is 0 Å². The molecule has 0 N–H and O–H groups in total. The Labute approximate surface area is 186 Å². The predicted octanol–water partition coefficient (Wildman–Crippen LogP) is 3.20. The minimum atomic E-state index is -3.19. The molecule has 176 valence electrons. The van der Waals surface area contributed by atoms with E-state index < -0.39 is 46.6 Å². The largest absolute Gasteiger partial charge is 0.598 e. The molecule has 2 fully saturated rings. The molecule has 1 aromatic heterocycles. The molecular weight excluding hydrogens is 452 g/mol. The van der Waals surface area contributed by atoms with Gasteiger partial charge in [-0.2, -0.15) is 13.8 Å². The molecular formula is C20H24F4N4O3S.